The first-order valence-corrected chi connectivity index (χ1v) is 7.66. The van der Waals surface area contributed by atoms with Crippen LogP contribution in [0.25, 0.3) is 0 Å². The van der Waals surface area contributed by atoms with Gasteiger partial charge in [-0.3, -0.25) is 9.51 Å². The molecule has 2 rings (SSSR count). The molecule has 10 nitrogen and oxygen atoms in total. The minimum atomic E-state index is -4.72. The van der Waals surface area contributed by atoms with Crippen LogP contribution in [-0.4, -0.2) is 54.9 Å². The van der Waals surface area contributed by atoms with Crippen LogP contribution in [0.2, 0.25) is 0 Å². The summed E-state index contributed by atoms with van der Waals surface area (Å²) < 4.78 is 20.2. The van der Waals surface area contributed by atoms with E-state index >= 15 is 0 Å². The molecule has 0 amide bonds. The van der Waals surface area contributed by atoms with E-state index in [1.807, 2.05) is 0 Å². The summed E-state index contributed by atoms with van der Waals surface area (Å²) in [6.45, 7) is -0.612. The van der Waals surface area contributed by atoms with Crippen molar-refractivity contribution >= 4 is 20.0 Å². The fraction of sp³-hybridized carbons (Fsp3) is 0.556. The van der Waals surface area contributed by atoms with Crippen LogP contribution >= 0.6 is 20.0 Å². The van der Waals surface area contributed by atoms with E-state index in [-0.39, 0.29) is 10.2 Å². The summed E-state index contributed by atoms with van der Waals surface area (Å²) in [5, 5.41) is 19.7. The topological polar surface area (TPSA) is 165 Å². The van der Waals surface area contributed by atoms with Gasteiger partial charge in [-0.1, -0.05) is 12.2 Å². The lowest BCUT2D eigenvalue weighted by atomic mass is 10.0. The Morgan fingerprint density at radius 3 is 2.62 bits per heavy atom. The van der Waals surface area contributed by atoms with E-state index < -0.39 is 44.5 Å². The Morgan fingerprint density at radius 1 is 1.38 bits per heavy atom. The van der Waals surface area contributed by atoms with Gasteiger partial charge in [0.25, 0.3) is 0 Å². The minimum absolute atomic E-state index is 0.0200. The number of aromatic amines is 2. The fourth-order valence-electron chi connectivity index (χ4n) is 1.95. The highest BCUT2D eigenvalue weighted by molar-refractivity contribution is 7.71. The molecule has 2 heterocycles. The molecule has 0 bridgehead atoms. The molecule has 118 valence electrons. The minimum Gasteiger partial charge on any atom is -0.387 e. The largest absolute Gasteiger partial charge is 0.469 e. The molecule has 1 aliphatic rings. The van der Waals surface area contributed by atoms with E-state index in [0.717, 1.165) is 0 Å². The van der Waals surface area contributed by atoms with Crippen LogP contribution in [0.5, 0.6) is 0 Å². The lowest BCUT2D eigenvalue weighted by Gasteiger charge is -2.14. The molecule has 0 unspecified atom stereocenters. The van der Waals surface area contributed by atoms with Crippen LogP contribution in [0.4, 0.5) is 0 Å². The van der Waals surface area contributed by atoms with Crippen molar-refractivity contribution in [3.8, 4) is 0 Å². The van der Waals surface area contributed by atoms with Gasteiger partial charge in [0, 0.05) is 11.8 Å². The first-order chi connectivity index (χ1) is 9.69. The third-order valence-electron chi connectivity index (χ3n) is 2.92. The number of hydrogen-bond donors (Lipinski definition) is 6. The number of nitrogens with one attached hydrogen (secondary N) is 2. The number of aromatic nitrogens is 2. The van der Waals surface area contributed by atoms with E-state index in [2.05, 4.69) is 14.5 Å². The number of rotatable bonds is 4. The van der Waals surface area contributed by atoms with Gasteiger partial charge >= 0.3 is 13.5 Å². The van der Waals surface area contributed by atoms with Crippen molar-refractivity contribution in [2.24, 2.45) is 0 Å². The van der Waals surface area contributed by atoms with Gasteiger partial charge in [0.05, 0.1) is 6.61 Å². The van der Waals surface area contributed by atoms with Crippen LogP contribution in [0.3, 0.4) is 0 Å². The maximum Gasteiger partial charge on any atom is 0.469 e. The van der Waals surface area contributed by atoms with E-state index in [0.29, 0.717) is 0 Å². The quantitative estimate of drug-likeness (QED) is 0.289. The predicted molar refractivity (Wildman–Crippen MR) is 69.9 cm³/mol. The molecular formula is C9H13N2O8PS. The monoisotopic (exact) mass is 340 g/mol. The van der Waals surface area contributed by atoms with E-state index in [1.54, 1.807) is 0 Å². The molecule has 4 atom stereocenters. The molecular weight excluding hydrogens is 327 g/mol. The smallest absolute Gasteiger partial charge is 0.387 e. The Hall–Kier alpha value is -0.910. The Morgan fingerprint density at radius 2 is 2.05 bits per heavy atom. The maximum absolute atomic E-state index is 11.0. The van der Waals surface area contributed by atoms with Gasteiger partial charge in [0.2, 0.25) is 0 Å². The van der Waals surface area contributed by atoms with Gasteiger partial charge in [-0.2, -0.15) is 0 Å². The van der Waals surface area contributed by atoms with Gasteiger partial charge in [-0.25, -0.2) is 9.36 Å². The molecule has 1 fully saturated rings. The molecule has 0 saturated carbocycles. The molecule has 6 N–H and O–H groups in total. The summed E-state index contributed by atoms with van der Waals surface area (Å²) in [6.07, 6.45) is -3.81. The molecule has 1 aromatic rings. The van der Waals surface area contributed by atoms with Crippen LogP contribution in [0.15, 0.2) is 11.0 Å². The van der Waals surface area contributed by atoms with Crippen molar-refractivity contribution in [3.63, 3.8) is 0 Å². The van der Waals surface area contributed by atoms with Crippen LogP contribution in [0.1, 0.15) is 11.7 Å². The second-order valence-electron chi connectivity index (χ2n) is 4.39. The van der Waals surface area contributed by atoms with Gasteiger partial charge < -0.3 is 29.7 Å². The lowest BCUT2D eigenvalue weighted by Crippen LogP contribution is -2.33. The second kappa shape index (κ2) is 6.07. The number of aliphatic hydroxyl groups excluding tert-OH is 2. The zero-order valence-corrected chi connectivity index (χ0v) is 12.1. The fourth-order valence-corrected chi connectivity index (χ4v) is 2.55. The van der Waals surface area contributed by atoms with Crippen LogP contribution < -0.4 is 5.69 Å². The molecule has 0 radical (unpaired) electrons. The van der Waals surface area contributed by atoms with Crippen molar-refractivity contribution in [3.05, 3.63) is 26.9 Å². The predicted octanol–water partition coefficient (Wildman–Crippen LogP) is -1.30. The summed E-state index contributed by atoms with van der Waals surface area (Å²) >= 11 is 4.93. The Bertz CT molecular complexity index is 668. The molecule has 1 aliphatic heterocycles. The van der Waals surface area contributed by atoms with Crippen LogP contribution in [-0.2, 0) is 13.8 Å². The third kappa shape index (κ3) is 3.84. The standard InChI is InChI=1S/C9H13N2O8PS/c12-5-4(2-18-20(15,16)17)19-7(6(5)13)3-1-10-9(14)11-8(3)21/h1,4-7,12-13H,2H2,(H2,15,16,17)(H2,10,11,14,21)/t4-,5-,6-,7+/m1/s1. The second-order valence-corrected chi connectivity index (χ2v) is 6.04. The number of aliphatic hydroxyl groups is 2. The molecule has 21 heavy (non-hydrogen) atoms. The summed E-state index contributed by atoms with van der Waals surface area (Å²) in [6, 6.07) is 0. The average molecular weight is 340 g/mol. The van der Waals surface area contributed by atoms with E-state index in [9.17, 15) is 19.6 Å². The van der Waals surface area contributed by atoms with Crippen LogP contribution in [0, 0.1) is 4.64 Å². The summed E-state index contributed by atoms with van der Waals surface area (Å²) in [5.41, 5.74) is -0.312. The first-order valence-electron chi connectivity index (χ1n) is 5.72. The van der Waals surface area contributed by atoms with Crippen molar-refractivity contribution in [1.82, 2.24) is 9.97 Å². The Balaban J connectivity index is 2.18. The van der Waals surface area contributed by atoms with E-state index in [1.165, 1.54) is 6.20 Å². The summed E-state index contributed by atoms with van der Waals surface area (Å²) in [5.74, 6) is 0. The Labute approximate surface area is 122 Å². The molecule has 12 heteroatoms. The zero-order chi connectivity index (χ0) is 15.8. The summed E-state index contributed by atoms with van der Waals surface area (Å²) in [7, 11) is -4.72. The number of phosphoric ester groups is 1. The van der Waals surface area contributed by atoms with Gasteiger partial charge in [0.15, 0.2) is 0 Å². The highest BCUT2D eigenvalue weighted by Crippen LogP contribution is 2.39. The highest BCUT2D eigenvalue weighted by Gasteiger charge is 2.44. The number of ether oxygens (including phenoxy) is 1. The van der Waals surface area contributed by atoms with Crippen molar-refractivity contribution in [1.29, 1.82) is 0 Å². The lowest BCUT2D eigenvalue weighted by molar-refractivity contribution is -0.0226. The van der Waals surface area contributed by atoms with Crippen molar-refractivity contribution < 1.29 is 33.8 Å². The Kier molecular flexibility index (Phi) is 4.76. The maximum atomic E-state index is 11.0. The average Bonchev–Trinajstić information content (AvgIpc) is 2.64. The van der Waals surface area contributed by atoms with Crippen molar-refractivity contribution in [2.45, 2.75) is 24.4 Å². The molecule has 1 aromatic heterocycles. The van der Waals surface area contributed by atoms with E-state index in [4.69, 9.17) is 26.7 Å². The van der Waals surface area contributed by atoms with Gasteiger partial charge in [-0.05, 0) is 0 Å². The molecule has 0 aliphatic carbocycles. The first kappa shape index (κ1) is 16.5. The third-order valence-corrected chi connectivity index (χ3v) is 3.75. The number of phosphoric acid groups is 1. The number of H-pyrrole nitrogens is 2. The number of hydrogen-bond acceptors (Lipinski definition) is 7. The zero-order valence-electron chi connectivity index (χ0n) is 10.4. The van der Waals surface area contributed by atoms with Gasteiger partial charge in [0.1, 0.15) is 29.1 Å². The summed E-state index contributed by atoms with van der Waals surface area (Å²) in [4.78, 5) is 32.9. The molecule has 1 saturated heterocycles. The molecule has 0 aromatic carbocycles. The normalized spacial score (nSPS) is 29.7. The highest BCUT2D eigenvalue weighted by atomic mass is 32.1. The van der Waals surface area contributed by atoms with Crippen molar-refractivity contribution in [2.75, 3.05) is 6.61 Å². The molecule has 0 spiro atoms. The van der Waals surface area contributed by atoms with Gasteiger partial charge in [-0.15, -0.1) is 0 Å². The SMILES string of the molecule is O=c1[nH]cc([C@@H]2O[C@H](COP(=O)(O)O)[C@@H](O)[C@H]2O)c(=S)[nH]1.